The highest BCUT2D eigenvalue weighted by atomic mass is 32.2. The zero-order valence-corrected chi connectivity index (χ0v) is 17.6. The molecule has 8 heteroatoms. The molecule has 2 heterocycles. The van der Waals surface area contributed by atoms with Crippen LogP contribution in [0.4, 0.5) is 5.69 Å². The molecule has 0 unspecified atom stereocenters. The second-order valence-electron chi connectivity index (χ2n) is 6.99. The van der Waals surface area contributed by atoms with Gasteiger partial charge in [-0.25, -0.2) is 0 Å². The predicted octanol–water partition coefficient (Wildman–Crippen LogP) is 3.58. The molecule has 0 radical (unpaired) electrons. The Balaban J connectivity index is 1.66. The minimum Gasteiger partial charge on any atom is -0.325 e. The Kier molecular flexibility index (Phi) is 5.41. The second kappa shape index (κ2) is 8.16. The molecule has 1 amide bonds. The van der Waals surface area contributed by atoms with Crippen LogP contribution in [0.25, 0.3) is 16.7 Å². The van der Waals surface area contributed by atoms with Crippen molar-refractivity contribution in [2.24, 2.45) is 0 Å². The van der Waals surface area contributed by atoms with Gasteiger partial charge in [-0.15, -0.1) is 16.8 Å². The summed E-state index contributed by atoms with van der Waals surface area (Å²) in [6, 6.07) is 13.2. The number of aryl methyl sites for hydroxylation is 2. The minimum atomic E-state index is -0.144. The van der Waals surface area contributed by atoms with Crippen LogP contribution in [0.1, 0.15) is 11.1 Å². The van der Waals surface area contributed by atoms with E-state index in [0.717, 1.165) is 16.8 Å². The van der Waals surface area contributed by atoms with Crippen molar-refractivity contribution in [3.8, 4) is 0 Å². The molecule has 4 rings (SSSR count). The monoisotopic (exact) mass is 419 g/mol. The Hall–Kier alpha value is -3.39. The number of amides is 1. The number of benzene rings is 2. The Morgan fingerprint density at radius 3 is 2.77 bits per heavy atom. The van der Waals surface area contributed by atoms with Gasteiger partial charge in [0.2, 0.25) is 11.7 Å². The number of hydrogen-bond donors (Lipinski definition) is 1. The maximum absolute atomic E-state index is 12.8. The third-order valence-corrected chi connectivity index (χ3v) is 5.71. The number of carbonyl (C=O) groups excluding carboxylic acids is 1. The normalized spacial score (nSPS) is 11.1. The predicted molar refractivity (Wildman–Crippen MR) is 120 cm³/mol. The summed E-state index contributed by atoms with van der Waals surface area (Å²) in [5.74, 6) is 0.464. The highest BCUT2D eigenvalue weighted by Crippen LogP contribution is 2.22. The first-order valence-electron chi connectivity index (χ1n) is 9.47. The van der Waals surface area contributed by atoms with Crippen LogP contribution in [0.5, 0.6) is 0 Å². The third-order valence-electron chi connectivity index (χ3n) is 4.78. The van der Waals surface area contributed by atoms with Gasteiger partial charge in [0, 0.05) is 12.2 Å². The van der Waals surface area contributed by atoms with E-state index in [2.05, 4.69) is 22.1 Å². The van der Waals surface area contributed by atoms with Crippen LogP contribution >= 0.6 is 11.8 Å². The summed E-state index contributed by atoms with van der Waals surface area (Å²) in [4.78, 5) is 25.3. The molecule has 0 spiro atoms. The van der Waals surface area contributed by atoms with Gasteiger partial charge >= 0.3 is 0 Å². The quantitative estimate of drug-likeness (QED) is 0.382. The zero-order valence-electron chi connectivity index (χ0n) is 16.8. The van der Waals surface area contributed by atoms with Crippen molar-refractivity contribution in [1.29, 1.82) is 0 Å². The standard InChI is InChI=1S/C22H21N5O2S/c1-4-11-26-20(29)16-7-5-6-8-18(16)27-21(26)24-25-22(27)30-13-19(28)23-17-10-9-14(2)12-15(17)3/h4-10,12H,1,11,13H2,2-3H3,(H,23,28). The summed E-state index contributed by atoms with van der Waals surface area (Å²) in [5.41, 5.74) is 3.52. The first-order chi connectivity index (χ1) is 14.5. The molecule has 0 bridgehead atoms. The summed E-state index contributed by atoms with van der Waals surface area (Å²) in [7, 11) is 0. The van der Waals surface area contributed by atoms with Crippen molar-refractivity contribution in [3.05, 3.63) is 76.6 Å². The number of nitrogens with zero attached hydrogens (tertiary/aromatic N) is 4. The summed E-state index contributed by atoms with van der Waals surface area (Å²) in [6.07, 6.45) is 1.65. The van der Waals surface area contributed by atoms with Gasteiger partial charge in [-0.05, 0) is 37.6 Å². The van der Waals surface area contributed by atoms with Crippen LogP contribution in [0, 0.1) is 13.8 Å². The van der Waals surface area contributed by atoms with E-state index >= 15 is 0 Å². The number of carbonyl (C=O) groups is 1. The van der Waals surface area contributed by atoms with Gasteiger partial charge in [-0.3, -0.25) is 18.6 Å². The highest BCUT2D eigenvalue weighted by Gasteiger charge is 2.17. The molecule has 0 aliphatic rings. The van der Waals surface area contributed by atoms with Gasteiger partial charge in [0.25, 0.3) is 5.56 Å². The number of allylic oxidation sites excluding steroid dienone is 1. The Morgan fingerprint density at radius 2 is 2.00 bits per heavy atom. The lowest BCUT2D eigenvalue weighted by Crippen LogP contribution is -2.22. The Morgan fingerprint density at radius 1 is 1.20 bits per heavy atom. The van der Waals surface area contributed by atoms with Crippen molar-refractivity contribution in [3.63, 3.8) is 0 Å². The van der Waals surface area contributed by atoms with E-state index < -0.39 is 0 Å². The van der Waals surface area contributed by atoms with Crippen molar-refractivity contribution >= 4 is 40.0 Å². The number of hydrogen-bond acceptors (Lipinski definition) is 5. The van der Waals surface area contributed by atoms with Gasteiger partial charge in [-0.1, -0.05) is 47.7 Å². The van der Waals surface area contributed by atoms with Crippen LogP contribution in [-0.2, 0) is 11.3 Å². The van der Waals surface area contributed by atoms with E-state index in [9.17, 15) is 9.59 Å². The summed E-state index contributed by atoms with van der Waals surface area (Å²) in [5, 5.41) is 12.5. The number of fused-ring (bicyclic) bond motifs is 3. The fourth-order valence-electron chi connectivity index (χ4n) is 3.39. The summed E-state index contributed by atoms with van der Waals surface area (Å²) >= 11 is 1.28. The maximum Gasteiger partial charge on any atom is 0.263 e. The first kappa shape index (κ1) is 19.9. The second-order valence-corrected chi connectivity index (χ2v) is 7.94. The van der Waals surface area contributed by atoms with Crippen LogP contribution in [0.2, 0.25) is 0 Å². The van der Waals surface area contributed by atoms with Crippen LogP contribution in [0.15, 0.2) is 65.1 Å². The van der Waals surface area contributed by atoms with E-state index in [1.54, 1.807) is 12.1 Å². The fraction of sp³-hybridized carbons (Fsp3) is 0.182. The van der Waals surface area contributed by atoms with E-state index in [-0.39, 0.29) is 17.2 Å². The SMILES string of the molecule is C=CCn1c(=O)c2ccccc2n2c(SCC(=O)Nc3ccc(C)cc3C)nnc12. The van der Waals surface area contributed by atoms with E-state index in [4.69, 9.17) is 0 Å². The van der Waals surface area contributed by atoms with E-state index in [0.29, 0.717) is 28.4 Å². The molecule has 0 aliphatic heterocycles. The molecule has 0 saturated carbocycles. The molecule has 152 valence electrons. The number of thioether (sulfide) groups is 1. The van der Waals surface area contributed by atoms with E-state index in [1.807, 2.05) is 54.6 Å². The minimum absolute atomic E-state index is 0.132. The highest BCUT2D eigenvalue weighted by molar-refractivity contribution is 7.99. The number of anilines is 1. The molecule has 0 atom stereocenters. The lowest BCUT2D eigenvalue weighted by molar-refractivity contribution is -0.113. The van der Waals surface area contributed by atoms with Crippen LogP contribution in [-0.4, -0.2) is 30.8 Å². The molecule has 7 nitrogen and oxygen atoms in total. The van der Waals surface area contributed by atoms with Crippen molar-refractivity contribution in [1.82, 2.24) is 19.2 Å². The van der Waals surface area contributed by atoms with Crippen molar-refractivity contribution in [2.75, 3.05) is 11.1 Å². The molecule has 2 aromatic heterocycles. The summed E-state index contributed by atoms with van der Waals surface area (Å²) in [6.45, 7) is 8.03. The zero-order chi connectivity index (χ0) is 21.3. The first-order valence-corrected chi connectivity index (χ1v) is 10.5. The molecular formula is C22H21N5O2S. The lowest BCUT2D eigenvalue weighted by Gasteiger charge is -2.10. The average Bonchev–Trinajstić information content (AvgIpc) is 3.16. The molecule has 1 N–H and O–H groups in total. The smallest absolute Gasteiger partial charge is 0.263 e. The Bertz CT molecular complexity index is 1340. The summed E-state index contributed by atoms with van der Waals surface area (Å²) < 4.78 is 3.34. The molecule has 0 saturated heterocycles. The van der Waals surface area contributed by atoms with E-state index in [1.165, 1.54) is 16.3 Å². The fourth-order valence-corrected chi connectivity index (χ4v) is 4.13. The topological polar surface area (TPSA) is 81.3 Å². The van der Waals surface area contributed by atoms with Gasteiger partial charge in [0.1, 0.15) is 0 Å². The van der Waals surface area contributed by atoms with Crippen molar-refractivity contribution in [2.45, 2.75) is 25.5 Å². The number of para-hydroxylation sites is 1. The molecule has 30 heavy (non-hydrogen) atoms. The molecular weight excluding hydrogens is 398 g/mol. The molecule has 2 aromatic carbocycles. The van der Waals surface area contributed by atoms with Crippen molar-refractivity contribution < 1.29 is 4.79 Å². The molecule has 4 aromatic rings. The van der Waals surface area contributed by atoms with Crippen LogP contribution < -0.4 is 10.9 Å². The average molecular weight is 420 g/mol. The van der Waals surface area contributed by atoms with Crippen LogP contribution in [0.3, 0.4) is 0 Å². The maximum atomic E-state index is 12.8. The van der Waals surface area contributed by atoms with Gasteiger partial charge in [0.15, 0.2) is 5.16 Å². The Labute approximate surface area is 177 Å². The largest absolute Gasteiger partial charge is 0.325 e. The third kappa shape index (κ3) is 3.61. The molecule has 0 aliphatic carbocycles. The van der Waals surface area contributed by atoms with Gasteiger partial charge < -0.3 is 5.32 Å². The van der Waals surface area contributed by atoms with Gasteiger partial charge in [0.05, 0.1) is 16.7 Å². The number of aromatic nitrogens is 4. The number of rotatable bonds is 6. The molecule has 0 fully saturated rings. The lowest BCUT2D eigenvalue weighted by atomic mass is 10.1. The van der Waals surface area contributed by atoms with Gasteiger partial charge in [-0.2, -0.15) is 0 Å². The number of nitrogens with one attached hydrogen (secondary N) is 1.